The number of imide groups is 3. The van der Waals surface area contributed by atoms with E-state index in [1.165, 1.54) is 37.5 Å². The Morgan fingerprint density at radius 2 is 0.746 bits per heavy atom. The van der Waals surface area contributed by atoms with E-state index in [9.17, 15) is 47.9 Å². The molecule has 3 heterocycles. The van der Waals surface area contributed by atoms with Crippen LogP contribution >= 0.6 is 43.5 Å². The summed E-state index contributed by atoms with van der Waals surface area (Å²) < 4.78 is 37.5. The van der Waals surface area contributed by atoms with Crippen molar-refractivity contribution >= 4 is 138 Å². The van der Waals surface area contributed by atoms with Crippen LogP contribution in [0.1, 0.15) is 124 Å². The third kappa shape index (κ3) is 24.3. The van der Waals surface area contributed by atoms with Crippen molar-refractivity contribution in [3.63, 3.8) is 0 Å². The van der Waals surface area contributed by atoms with Crippen molar-refractivity contribution < 1.29 is 86.2 Å². The van der Waals surface area contributed by atoms with Gasteiger partial charge in [-0.1, -0.05) is 105 Å². The number of aryl methyl sites for hydroxylation is 4. The van der Waals surface area contributed by atoms with Crippen molar-refractivity contribution in [1.29, 1.82) is 0 Å². The third-order valence-electron chi connectivity index (χ3n) is 22.9. The molecule has 7 aliphatic rings. The van der Waals surface area contributed by atoms with Crippen LogP contribution in [0.15, 0.2) is 239 Å². The number of carbonyl (C=O) groups excluding carboxylic acids is 9. The number of carboxylic acids is 1. The average molecular weight is 1910 g/mol. The van der Waals surface area contributed by atoms with E-state index < -0.39 is 5.97 Å². The molecule has 29 heteroatoms. The zero-order valence-corrected chi connectivity index (χ0v) is 76.9. The molecule has 4 N–H and O–H groups in total. The quantitative estimate of drug-likeness (QED) is 0.0157. The number of carbonyl (C=O) groups is 10. The van der Waals surface area contributed by atoms with Crippen molar-refractivity contribution in [2.24, 2.45) is 0 Å². The standard InChI is InChI=1S/C24H24N2O5.C22H20N2O5.C19H17BrN2O3.C19H20BrNO2.C10H11ClO2.C7H9NO/c1-3-31-23(28)13-5-16-4-11-20-17(14-16)6-12-21(20)25-15-22(27)26(24(25)29)18-7-9-19(30-2)10-8-18;1-29-17-7-5-16(6-8-17)24-20(25)13-23(22(24)28)19-10-4-15-12-14(2-9-18(15)19)3-11-21(26)27;1-25-15-6-4-14(5-7-15)22-18(23)11-21(19(22)24)17-9-2-12-10-13(20)3-8-16(12)17;1-23-17-6-2-13(3-7-17)10-16(22)12-21-19-9-4-14-11-15(20)5-8-18(14)19;1-13-10-4-2-8(3-5-10)6-9(12)7-11;1-9-7-4-2-6(8)3-5-7/h4-5,7-11,13-14,21H,3,6,12,15H2,1-2H3;2-3,5-9,11-12,19H,4,10,13H2,1H3,(H,26,27);3-8,10,17H,2,9,11H2,1H3;2-3,5-8,11,19,21H,4,9-10,12H2,1H3;2-5H,6-7H2,1H3;2-5H,8H2,1H3/b13-5+;11-3+;;;;. The lowest BCUT2D eigenvalue weighted by molar-refractivity contribution is -0.137. The number of ketones is 2. The molecule has 26 nitrogen and oxygen atoms in total. The lowest BCUT2D eigenvalue weighted by Gasteiger charge is -2.24. The van der Waals surface area contributed by atoms with Crippen molar-refractivity contribution in [3.8, 4) is 34.5 Å². The Bertz CT molecular complexity index is 5800. The van der Waals surface area contributed by atoms with Crippen LogP contribution < -0.4 is 54.2 Å². The molecule has 0 radical (unpaired) electrons. The van der Waals surface area contributed by atoms with Crippen LogP contribution in [0.4, 0.5) is 37.1 Å². The summed E-state index contributed by atoms with van der Waals surface area (Å²) in [5, 5.41) is 12.2. The van der Waals surface area contributed by atoms with E-state index in [0.29, 0.717) is 60.3 Å². The zero-order valence-electron chi connectivity index (χ0n) is 73.0. The second-order valence-corrected chi connectivity index (χ2v) is 33.1. The van der Waals surface area contributed by atoms with Gasteiger partial charge in [-0.2, -0.15) is 0 Å². The molecule has 10 aromatic rings. The zero-order chi connectivity index (χ0) is 92.7. The van der Waals surface area contributed by atoms with Crippen LogP contribution in [-0.4, -0.2) is 160 Å². The number of Topliss-reactive ketones (excluding diaryl/α,β-unsaturated/α-hetero) is 2. The number of hydrogen-bond acceptors (Lipinski definition) is 19. The molecule has 4 aliphatic carbocycles. The summed E-state index contributed by atoms with van der Waals surface area (Å²) in [6.45, 7) is 2.72. The van der Waals surface area contributed by atoms with Gasteiger partial charge in [-0.05, 0) is 283 Å². The third-order valence-corrected chi connectivity index (χ3v) is 24.2. The van der Waals surface area contributed by atoms with Crippen LogP contribution in [0.5, 0.6) is 34.5 Å². The fourth-order valence-electron chi connectivity index (χ4n) is 16.4. The SMILES string of the molecule is CCOC(=O)/C=C/c1ccc2c(c1)CCC2N1CC(=O)N(c2ccc(OC)cc2)C1=O.COc1ccc(CC(=O)CCl)cc1.COc1ccc(CC(=O)CNC2CCc3cc(Br)ccc32)cc1.COc1ccc(N)cc1.COc1ccc(N2C(=O)CN(C3CCc4cc(/C=C/C(=O)O)ccc43)C2=O)cc1.COc1ccc(N2C(=O)CN(C3CCc4cc(Br)ccc43)C2=O)cc1. The number of nitrogen functional groups attached to an aromatic ring is 1. The number of anilines is 4. The van der Waals surface area contributed by atoms with Crippen LogP contribution in [0.25, 0.3) is 12.2 Å². The maximum Gasteiger partial charge on any atom is 0.332 e. The van der Waals surface area contributed by atoms with Gasteiger partial charge in [0.15, 0.2) is 11.6 Å². The lowest BCUT2D eigenvalue weighted by Crippen LogP contribution is -2.34. The Hall–Kier alpha value is -13.4. The first-order chi connectivity index (χ1) is 62.8. The highest BCUT2D eigenvalue weighted by molar-refractivity contribution is 9.10. The number of alkyl halides is 1. The van der Waals surface area contributed by atoms with Crippen molar-refractivity contribution in [2.75, 3.05) is 102 Å². The number of ether oxygens (including phenoxy) is 7. The van der Waals surface area contributed by atoms with E-state index in [4.69, 9.17) is 55.6 Å². The number of amides is 9. The first kappa shape index (κ1) is 95.7. The summed E-state index contributed by atoms with van der Waals surface area (Å²) in [6, 6.07) is 66.2. The molecule has 3 fully saturated rings. The largest absolute Gasteiger partial charge is 0.497 e. The highest BCUT2D eigenvalue weighted by Crippen LogP contribution is 2.44. The normalized spacial score (nSPS) is 16.7. The van der Waals surface area contributed by atoms with Gasteiger partial charge in [-0.25, -0.2) is 38.7 Å². The summed E-state index contributed by atoms with van der Waals surface area (Å²) in [7, 11) is 9.59. The summed E-state index contributed by atoms with van der Waals surface area (Å²) in [6.07, 6.45) is 13.6. The van der Waals surface area contributed by atoms with E-state index in [-0.39, 0.29) is 103 Å². The number of aliphatic carboxylic acids is 1. The Balaban J connectivity index is 0.000000146. The molecule has 130 heavy (non-hydrogen) atoms. The average Bonchev–Trinajstić information content (AvgIpc) is 1.62. The highest BCUT2D eigenvalue weighted by atomic mass is 79.9. The van der Waals surface area contributed by atoms with E-state index in [1.54, 1.807) is 161 Å². The fourth-order valence-corrected chi connectivity index (χ4v) is 17.3. The van der Waals surface area contributed by atoms with Gasteiger partial charge in [0.1, 0.15) is 54.1 Å². The number of hydrogen-bond donors (Lipinski definition) is 3. The molecule has 9 amide bonds. The van der Waals surface area contributed by atoms with Crippen LogP contribution in [0, 0.1) is 0 Å². The number of carboxylic acid groups (broad SMARTS) is 1. The molecule has 10 aromatic carbocycles. The van der Waals surface area contributed by atoms with Gasteiger partial charge >= 0.3 is 30.0 Å². The van der Waals surface area contributed by atoms with Crippen molar-refractivity contribution in [1.82, 2.24) is 20.0 Å². The van der Waals surface area contributed by atoms with Gasteiger partial charge < -0.3 is 64.0 Å². The van der Waals surface area contributed by atoms with E-state index in [0.717, 1.165) is 139 Å². The number of nitrogens with two attached hydrogens (primary N) is 1. The molecular formula is C101H101Br2ClN8O18. The summed E-state index contributed by atoms with van der Waals surface area (Å²) in [5.74, 6) is 2.71. The van der Waals surface area contributed by atoms with Crippen molar-refractivity contribution in [2.45, 2.75) is 95.3 Å². The second kappa shape index (κ2) is 45.5. The summed E-state index contributed by atoms with van der Waals surface area (Å²) in [4.78, 5) is 131. The molecule has 0 aromatic heterocycles. The number of methoxy groups -OCH3 is 6. The monoisotopic (exact) mass is 1910 g/mol. The predicted octanol–water partition coefficient (Wildman–Crippen LogP) is 18.1. The number of halogens is 3. The molecule has 17 rings (SSSR count). The minimum atomic E-state index is -0.997. The number of esters is 1. The molecule has 3 saturated heterocycles. The molecule has 4 unspecified atom stereocenters. The first-order valence-electron chi connectivity index (χ1n) is 42.2. The smallest absolute Gasteiger partial charge is 0.332 e. The van der Waals surface area contributed by atoms with Crippen LogP contribution in [0.2, 0.25) is 0 Å². The first-order valence-corrected chi connectivity index (χ1v) is 44.3. The van der Waals surface area contributed by atoms with Gasteiger partial charge in [-0.3, -0.25) is 24.0 Å². The Morgan fingerprint density at radius 3 is 1.11 bits per heavy atom. The molecule has 0 saturated carbocycles. The fraction of sp³-hybridized carbons (Fsp3) is 0.267. The molecule has 0 bridgehead atoms. The number of rotatable bonds is 25. The van der Waals surface area contributed by atoms with Gasteiger partial charge in [0.05, 0.1) is 96.9 Å². The molecule has 674 valence electrons. The van der Waals surface area contributed by atoms with E-state index in [2.05, 4.69) is 61.4 Å². The lowest BCUT2D eigenvalue weighted by atomic mass is 10.0. The van der Waals surface area contributed by atoms with Gasteiger partial charge in [0, 0.05) is 45.7 Å². The maximum atomic E-state index is 13.1. The number of fused-ring (bicyclic) bond motifs is 4. The van der Waals surface area contributed by atoms with Gasteiger partial charge in [0.2, 0.25) is 0 Å². The van der Waals surface area contributed by atoms with Crippen molar-refractivity contribution in [3.05, 3.63) is 306 Å². The highest BCUT2D eigenvalue weighted by Gasteiger charge is 2.46. The number of nitrogens with zero attached hydrogens (tertiary/aromatic N) is 6. The van der Waals surface area contributed by atoms with Crippen LogP contribution in [-0.2, 0) is 76.8 Å². The summed E-state index contributed by atoms with van der Waals surface area (Å²) in [5.41, 5.74) is 20.8. The minimum absolute atomic E-state index is 0.0341. The molecule has 3 aliphatic heterocycles. The molecule has 0 spiro atoms. The number of urea groups is 3. The molecule has 4 atom stereocenters. The van der Waals surface area contributed by atoms with E-state index >= 15 is 0 Å². The minimum Gasteiger partial charge on any atom is -0.497 e. The Labute approximate surface area is 776 Å². The maximum absolute atomic E-state index is 13.1. The number of nitrogens with one attached hydrogen (secondary N) is 1. The Kier molecular flexibility index (Phi) is 33.5. The van der Waals surface area contributed by atoms with Gasteiger partial charge in [0.25, 0.3) is 17.7 Å². The molecular weight excluding hydrogens is 1810 g/mol. The topological polar surface area (TPSA) is 313 Å². The van der Waals surface area contributed by atoms with E-state index in [1.807, 2.05) is 109 Å². The van der Waals surface area contributed by atoms with Gasteiger partial charge in [-0.15, -0.1) is 11.6 Å². The predicted molar refractivity (Wildman–Crippen MR) is 505 cm³/mol. The Morgan fingerprint density at radius 1 is 0.423 bits per heavy atom. The van der Waals surface area contributed by atoms with Crippen LogP contribution in [0.3, 0.4) is 0 Å². The summed E-state index contributed by atoms with van der Waals surface area (Å²) >= 11 is 12.4. The number of benzene rings is 10. The second-order valence-electron chi connectivity index (χ2n) is 31.0.